The quantitative estimate of drug-likeness (QED) is 0.570. The lowest BCUT2D eigenvalue weighted by Gasteiger charge is -2.23. The van der Waals surface area contributed by atoms with E-state index in [1.807, 2.05) is 0 Å². The molecule has 0 aliphatic heterocycles. The van der Waals surface area contributed by atoms with Gasteiger partial charge in [0, 0.05) is 18.1 Å². The highest BCUT2D eigenvalue weighted by Crippen LogP contribution is 2.37. The highest BCUT2D eigenvalue weighted by atomic mass is 32.2. The van der Waals surface area contributed by atoms with Crippen LogP contribution in [0.3, 0.4) is 0 Å². The minimum Gasteiger partial charge on any atom is -0.306 e. The second kappa shape index (κ2) is 5.24. The van der Waals surface area contributed by atoms with Gasteiger partial charge in [0.05, 0.1) is 0 Å². The lowest BCUT2D eigenvalue weighted by atomic mass is 9.89. The van der Waals surface area contributed by atoms with Gasteiger partial charge in [0.1, 0.15) is 0 Å². The Morgan fingerprint density at radius 3 is 2.86 bits per heavy atom. The Balaban J connectivity index is 1.90. The molecule has 0 bridgehead atoms. The van der Waals surface area contributed by atoms with Crippen LogP contribution in [-0.2, 0) is 10.0 Å². The van der Waals surface area contributed by atoms with Crippen molar-refractivity contribution in [2.75, 3.05) is 12.0 Å². The molecule has 0 saturated heterocycles. The van der Waals surface area contributed by atoms with Crippen molar-refractivity contribution >= 4 is 32.1 Å². The van der Waals surface area contributed by atoms with Crippen molar-refractivity contribution in [2.45, 2.75) is 37.6 Å². The number of thiazole rings is 1. The van der Waals surface area contributed by atoms with Crippen LogP contribution in [0.25, 0.3) is 4.96 Å². The number of nitrogen functional groups attached to an aromatic ring is 1. The molecule has 116 valence electrons. The second-order valence-corrected chi connectivity index (χ2v) is 8.36. The first kappa shape index (κ1) is 14.8. The summed E-state index contributed by atoms with van der Waals surface area (Å²) in [6, 6.07) is 0. The van der Waals surface area contributed by atoms with Gasteiger partial charge in [-0.2, -0.15) is 4.98 Å². The largest absolute Gasteiger partial charge is 0.306 e. The fourth-order valence-electron chi connectivity index (χ4n) is 2.86. The van der Waals surface area contributed by atoms with Crippen LogP contribution in [0.5, 0.6) is 0 Å². The molecule has 0 amide bonds. The maximum atomic E-state index is 12.6. The summed E-state index contributed by atoms with van der Waals surface area (Å²) >= 11 is 1.36. The van der Waals surface area contributed by atoms with E-state index in [9.17, 15) is 8.42 Å². The van der Waals surface area contributed by atoms with Crippen LogP contribution in [-0.4, -0.2) is 24.3 Å². The van der Waals surface area contributed by atoms with E-state index in [-0.39, 0.29) is 16.3 Å². The van der Waals surface area contributed by atoms with Crippen molar-refractivity contribution in [1.29, 1.82) is 0 Å². The summed E-state index contributed by atoms with van der Waals surface area (Å²) in [6.07, 6.45) is 6.11. The number of aromatic nitrogens is 2. The van der Waals surface area contributed by atoms with Crippen LogP contribution in [0.2, 0.25) is 0 Å². The van der Waals surface area contributed by atoms with Gasteiger partial charge in [-0.3, -0.25) is 4.40 Å². The van der Waals surface area contributed by atoms with E-state index in [0.29, 0.717) is 11.5 Å². The minimum absolute atomic E-state index is 0.0435. The van der Waals surface area contributed by atoms with Gasteiger partial charge in [-0.25, -0.2) is 19.0 Å². The number of nitrogens with two attached hydrogens (primary N) is 1. The van der Waals surface area contributed by atoms with Gasteiger partial charge in [-0.05, 0) is 18.3 Å². The Bertz CT molecular complexity index is 743. The molecule has 0 spiro atoms. The SMILES string of the molecule is CC1(CNS(=O)(=O)c2c(NN)nc3sccn23)CCCC1. The predicted molar refractivity (Wildman–Crippen MR) is 82.6 cm³/mol. The molecule has 9 heteroatoms. The summed E-state index contributed by atoms with van der Waals surface area (Å²) in [7, 11) is -3.67. The van der Waals surface area contributed by atoms with Crippen molar-refractivity contribution in [1.82, 2.24) is 14.1 Å². The molecule has 0 aromatic carbocycles. The van der Waals surface area contributed by atoms with Gasteiger partial charge >= 0.3 is 0 Å². The van der Waals surface area contributed by atoms with Crippen molar-refractivity contribution in [3.8, 4) is 0 Å². The fourth-order valence-corrected chi connectivity index (χ4v) is 5.07. The molecular formula is C12H19N5O2S2. The van der Waals surface area contributed by atoms with Gasteiger partial charge in [0.25, 0.3) is 10.0 Å². The first-order valence-corrected chi connectivity index (χ1v) is 9.23. The van der Waals surface area contributed by atoms with Crippen LogP contribution in [0.4, 0.5) is 5.82 Å². The maximum Gasteiger partial charge on any atom is 0.260 e. The molecular weight excluding hydrogens is 310 g/mol. The topological polar surface area (TPSA) is 102 Å². The zero-order chi connectivity index (χ0) is 15.1. The summed E-state index contributed by atoms with van der Waals surface area (Å²) in [5.41, 5.74) is 2.41. The summed E-state index contributed by atoms with van der Waals surface area (Å²) in [4.78, 5) is 4.77. The zero-order valence-corrected chi connectivity index (χ0v) is 13.4. The molecule has 4 N–H and O–H groups in total. The van der Waals surface area contributed by atoms with E-state index in [1.54, 1.807) is 16.0 Å². The molecule has 3 rings (SSSR count). The third-order valence-corrected chi connectivity index (χ3v) is 6.29. The van der Waals surface area contributed by atoms with E-state index in [0.717, 1.165) is 25.7 Å². The third kappa shape index (κ3) is 2.66. The summed E-state index contributed by atoms with van der Waals surface area (Å²) in [5, 5.41) is 1.86. The zero-order valence-electron chi connectivity index (χ0n) is 11.8. The van der Waals surface area contributed by atoms with Gasteiger partial charge in [0.2, 0.25) is 5.03 Å². The molecule has 0 unspecified atom stereocenters. The lowest BCUT2D eigenvalue weighted by molar-refractivity contribution is 0.336. The van der Waals surface area contributed by atoms with Crippen molar-refractivity contribution < 1.29 is 8.42 Å². The molecule has 7 nitrogen and oxygen atoms in total. The Morgan fingerprint density at radius 2 is 2.19 bits per heavy atom. The first-order chi connectivity index (χ1) is 9.95. The number of hydrogen-bond donors (Lipinski definition) is 3. The smallest absolute Gasteiger partial charge is 0.260 e. The molecule has 21 heavy (non-hydrogen) atoms. The standard InChI is InChI=1S/C12H19N5O2S2/c1-12(4-2-3-5-12)8-14-21(18,19)10-9(16-13)15-11-17(10)6-7-20-11/h6-7,14,16H,2-5,8,13H2,1H3. The fraction of sp³-hybridized carbons (Fsp3) is 0.583. The van der Waals surface area contributed by atoms with E-state index in [2.05, 4.69) is 22.1 Å². The molecule has 2 heterocycles. The number of sulfonamides is 1. The van der Waals surface area contributed by atoms with Gasteiger partial charge in [0.15, 0.2) is 10.8 Å². The van der Waals surface area contributed by atoms with E-state index in [1.165, 1.54) is 11.3 Å². The molecule has 0 atom stereocenters. The molecule has 0 radical (unpaired) electrons. The van der Waals surface area contributed by atoms with Crippen LogP contribution < -0.4 is 16.0 Å². The Hall–Kier alpha value is -1.16. The highest BCUT2D eigenvalue weighted by molar-refractivity contribution is 7.89. The van der Waals surface area contributed by atoms with Gasteiger partial charge in [-0.15, -0.1) is 11.3 Å². The normalized spacial score (nSPS) is 18.4. The van der Waals surface area contributed by atoms with Crippen molar-refractivity contribution in [3.63, 3.8) is 0 Å². The molecule has 2 aromatic rings. The number of rotatable bonds is 5. The third-order valence-electron chi connectivity index (χ3n) is 4.11. The number of hydrogen-bond acceptors (Lipinski definition) is 6. The Labute approximate surface area is 127 Å². The Morgan fingerprint density at radius 1 is 1.48 bits per heavy atom. The molecule has 1 aliphatic rings. The summed E-state index contributed by atoms with van der Waals surface area (Å²) < 4.78 is 29.5. The Kier molecular flexibility index (Phi) is 3.68. The second-order valence-electron chi connectivity index (χ2n) is 5.81. The van der Waals surface area contributed by atoms with E-state index < -0.39 is 10.0 Å². The van der Waals surface area contributed by atoms with Gasteiger partial charge in [-0.1, -0.05) is 19.8 Å². The van der Waals surface area contributed by atoms with Crippen LogP contribution >= 0.6 is 11.3 Å². The molecule has 1 fully saturated rings. The predicted octanol–water partition coefficient (Wildman–Crippen LogP) is 1.54. The number of anilines is 1. The van der Waals surface area contributed by atoms with E-state index in [4.69, 9.17) is 5.84 Å². The van der Waals surface area contributed by atoms with E-state index >= 15 is 0 Å². The van der Waals surface area contributed by atoms with Crippen LogP contribution in [0.15, 0.2) is 16.6 Å². The lowest BCUT2D eigenvalue weighted by Crippen LogP contribution is -2.35. The van der Waals surface area contributed by atoms with Crippen LogP contribution in [0, 0.1) is 5.41 Å². The average Bonchev–Trinajstić information content (AvgIpc) is 3.11. The molecule has 1 aliphatic carbocycles. The number of nitrogens with one attached hydrogen (secondary N) is 2. The molecule has 1 saturated carbocycles. The number of nitrogens with zero attached hydrogens (tertiary/aromatic N) is 2. The number of imidazole rings is 1. The summed E-state index contributed by atoms with van der Waals surface area (Å²) in [6.45, 7) is 2.57. The maximum absolute atomic E-state index is 12.6. The monoisotopic (exact) mass is 329 g/mol. The van der Waals surface area contributed by atoms with Crippen LogP contribution in [0.1, 0.15) is 32.6 Å². The number of hydrazine groups is 1. The minimum atomic E-state index is -3.67. The first-order valence-electron chi connectivity index (χ1n) is 6.87. The van der Waals surface area contributed by atoms with Crippen molar-refractivity contribution in [3.05, 3.63) is 11.6 Å². The highest BCUT2D eigenvalue weighted by Gasteiger charge is 2.32. The summed E-state index contributed by atoms with van der Waals surface area (Å²) in [5.74, 6) is 5.57. The molecule has 2 aromatic heterocycles. The van der Waals surface area contributed by atoms with Crippen molar-refractivity contribution in [2.24, 2.45) is 11.3 Å². The number of fused-ring (bicyclic) bond motifs is 1. The average molecular weight is 329 g/mol. The van der Waals surface area contributed by atoms with Gasteiger partial charge < -0.3 is 5.43 Å².